The van der Waals surface area contributed by atoms with Crippen molar-refractivity contribution in [3.05, 3.63) is 40.5 Å². The van der Waals surface area contributed by atoms with Gasteiger partial charge in [-0.3, -0.25) is 0 Å². The number of hydrogen-bond acceptors (Lipinski definition) is 4. The molecule has 128 valence electrons. The maximum Gasteiger partial charge on any atom is 0.229 e. The van der Waals surface area contributed by atoms with Gasteiger partial charge >= 0.3 is 0 Å². The zero-order valence-corrected chi connectivity index (χ0v) is 15.4. The van der Waals surface area contributed by atoms with Gasteiger partial charge in [-0.2, -0.15) is 4.98 Å². The van der Waals surface area contributed by atoms with Crippen molar-refractivity contribution in [1.29, 1.82) is 0 Å². The Kier molecular flexibility index (Phi) is 5.24. The summed E-state index contributed by atoms with van der Waals surface area (Å²) in [5, 5.41) is 4.04. The first-order chi connectivity index (χ1) is 11.6. The number of hydrogen-bond donors (Lipinski definition) is 1. The van der Waals surface area contributed by atoms with E-state index in [9.17, 15) is 0 Å². The summed E-state index contributed by atoms with van der Waals surface area (Å²) in [7, 11) is 0. The molecule has 4 nitrogen and oxygen atoms in total. The molecule has 0 radical (unpaired) electrons. The zero-order chi connectivity index (χ0) is 17.1. The third-order valence-electron chi connectivity index (χ3n) is 4.68. The number of rotatable bonds is 4. The van der Waals surface area contributed by atoms with Gasteiger partial charge in [0.25, 0.3) is 0 Å². The van der Waals surface area contributed by atoms with Gasteiger partial charge in [0.15, 0.2) is 0 Å². The lowest BCUT2D eigenvalue weighted by Crippen LogP contribution is -2.39. The van der Waals surface area contributed by atoms with Crippen LogP contribution in [0.5, 0.6) is 0 Å². The Morgan fingerprint density at radius 2 is 2.04 bits per heavy atom. The maximum atomic E-state index is 6.12. The van der Waals surface area contributed by atoms with Crippen LogP contribution in [-0.4, -0.2) is 22.6 Å². The summed E-state index contributed by atoms with van der Waals surface area (Å²) in [4.78, 5) is 11.8. The minimum atomic E-state index is 0.578. The number of nitrogens with one attached hydrogen (secondary N) is 1. The van der Waals surface area contributed by atoms with E-state index in [1.165, 1.54) is 19.3 Å². The van der Waals surface area contributed by atoms with E-state index in [1.807, 2.05) is 32.0 Å². The van der Waals surface area contributed by atoms with Gasteiger partial charge in [0, 0.05) is 35.1 Å². The van der Waals surface area contributed by atoms with Crippen molar-refractivity contribution in [2.75, 3.05) is 16.8 Å². The average Bonchev–Trinajstić information content (AvgIpc) is 2.57. The standard InChI is InChI=1S/C19H25ClN4/c1-4-16-7-5-6-10-24(16)18-11-14(3)21-19(23-18)22-17-12-15(20)9-8-13(17)2/h8-9,11-12,16H,4-7,10H2,1-3H3,(H,21,22,23). The molecule has 2 heterocycles. The van der Waals surface area contributed by atoms with Crippen molar-refractivity contribution >= 4 is 29.1 Å². The lowest BCUT2D eigenvalue weighted by atomic mass is 10.00. The molecule has 0 bridgehead atoms. The number of aromatic nitrogens is 2. The third kappa shape index (κ3) is 3.81. The molecule has 1 aliphatic heterocycles. The minimum Gasteiger partial charge on any atom is -0.353 e. The van der Waals surface area contributed by atoms with Crippen LogP contribution in [0.1, 0.15) is 43.9 Å². The van der Waals surface area contributed by atoms with Crippen LogP contribution < -0.4 is 10.2 Å². The van der Waals surface area contributed by atoms with E-state index in [1.54, 1.807) is 0 Å². The van der Waals surface area contributed by atoms with Crippen molar-refractivity contribution in [3.63, 3.8) is 0 Å². The van der Waals surface area contributed by atoms with Crippen LogP contribution in [0.15, 0.2) is 24.3 Å². The highest BCUT2D eigenvalue weighted by molar-refractivity contribution is 6.30. The maximum absolute atomic E-state index is 6.12. The van der Waals surface area contributed by atoms with Gasteiger partial charge < -0.3 is 10.2 Å². The molecule has 5 heteroatoms. The monoisotopic (exact) mass is 344 g/mol. The molecule has 0 aliphatic carbocycles. The van der Waals surface area contributed by atoms with Crippen molar-refractivity contribution in [3.8, 4) is 0 Å². The summed E-state index contributed by atoms with van der Waals surface area (Å²) in [6, 6.07) is 8.47. The average molecular weight is 345 g/mol. The van der Waals surface area contributed by atoms with Gasteiger partial charge in [-0.1, -0.05) is 24.6 Å². The Balaban J connectivity index is 1.90. The molecule has 0 spiro atoms. The Bertz CT molecular complexity index is 717. The molecule has 1 fully saturated rings. The first-order valence-corrected chi connectivity index (χ1v) is 9.10. The molecule has 1 saturated heterocycles. The van der Waals surface area contributed by atoms with Gasteiger partial charge in [0.05, 0.1) is 0 Å². The fourth-order valence-corrected chi connectivity index (χ4v) is 3.50. The Morgan fingerprint density at radius 3 is 2.83 bits per heavy atom. The molecule has 1 unspecified atom stereocenters. The van der Waals surface area contributed by atoms with E-state index >= 15 is 0 Å². The molecule has 1 aliphatic rings. The SMILES string of the molecule is CCC1CCCCN1c1cc(C)nc(Nc2cc(Cl)ccc2C)n1. The van der Waals surface area contributed by atoms with Crippen LogP contribution in [-0.2, 0) is 0 Å². The smallest absolute Gasteiger partial charge is 0.229 e. The number of benzene rings is 1. The first-order valence-electron chi connectivity index (χ1n) is 8.72. The summed E-state index contributed by atoms with van der Waals surface area (Å²) in [5.74, 6) is 1.66. The summed E-state index contributed by atoms with van der Waals surface area (Å²) in [5.41, 5.74) is 3.04. The normalized spacial score (nSPS) is 17.8. The van der Waals surface area contributed by atoms with Crippen LogP contribution in [0.25, 0.3) is 0 Å². The number of anilines is 3. The molecule has 1 aromatic carbocycles. The first kappa shape index (κ1) is 17.0. The number of halogens is 1. The highest BCUT2D eigenvalue weighted by Gasteiger charge is 2.22. The van der Waals surface area contributed by atoms with Crippen molar-refractivity contribution in [2.45, 2.75) is 52.5 Å². The molecule has 1 aromatic heterocycles. The van der Waals surface area contributed by atoms with E-state index in [4.69, 9.17) is 16.6 Å². The molecule has 24 heavy (non-hydrogen) atoms. The van der Waals surface area contributed by atoms with E-state index in [2.05, 4.69) is 28.2 Å². The number of piperidine rings is 1. The largest absolute Gasteiger partial charge is 0.353 e. The topological polar surface area (TPSA) is 41.1 Å². The Hall–Kier alpha value is -1.81. The van der Waals surface area contributed by atoms with Crippen LogP contribution in [0.3, 0.4) is 0 Å². The van der Waals surface area contributed by atoms with Crippen molar-refractivity contribution in [1.82, 2.24) is 9.97 Å². The number of aryl methyl sites for hydroxylation is 2. The lowest BCUT2D eigenvalue weighted by Gasteiger charge is -2.36. The molecule has 1 atom stereocenters. The molecule has 2 aromatic rings. The summed E-state index contributed by atoms with van der Waals surface area (Å²) in [6.07, 6.45) is 4.94. The van der Waals surface area contributed by atoms with Crippen molar-refractivity contribution < 1.29 is 0 Å². The predicted molar refractivity (Wildman–Crippen MR) is 102 cm³/mol. The van der Waals surface area contributed by atoms with Gasteiger partial charge in [0.2, 0.25) is 5.95 Å². The minimum absolute atomic E-state index is 0.578. The van der Waals surface area contributed by atoms with Crippen LogP contribution in [0.2, 0.25) is 5.02 Å². The molecule has 0 amide bonds. The summed E-state index contributed by atoms with van der Waals surface area (Å²) >= 11 is 6.12. The van der Waals surface area contributed by atoms with E-state index < -0.39 is 0 Å². The van der Waals surface area contributed by atoms with E-state index in [-0.39, 0.29) is 0 Å². The van der Waals surface area contributed by atoms with Crippen molar-refractivity contribution in [2.24, 2.45) is 0 Å². The van der Waals surface area contributed by atoms with Gasteiger partial charge in [-0.05, 0) is 57.2 Å². The third-order valence-corrected chi connectivity index (χ3v) is 4.91. The van der Waals surface area contributed by atoms with Crippen LogP contribution >= 0.6 is 11.6 Å². The fraction of sp³-hybridized carbons (Fsp3) is 0.474. The quantitative estimate of drug-likeness (QED) is 0.821. The second kappa shape index (κ2) is 7.39. The number of nitrogens with zero attached hydrogens (tertiary/aromatic N) is 3. The highest BCUT2D eigenvalue weighted by atomic mass is 35.5. The second-order valence-electron chi connectivity index (χ2n) is 6.53. The Labute approximate surface area is 149 Å². The molecular formula is C19H25ClN4. The molecule has 0 saturated carbocycles. The molecule has 3 rings (SSSR count). The summed E-state index contributed by atoms with van der Waals surface area (Å²) in [6.45, 7) is 7.40. The van der Waals surface area contributed by atoms with Crippen LogP contribution in [0.4, 0.5) is 17.5 Å². The van der Waals surface area contributed by atoms with Gasteiger partial charge in [-0.25, -0.2) is 4.98 Å². The van der Waals surface area contributed by atoms with E-state index in [0.29, 0.717) is 17.0 Å². The Morgan fingerprint density at radius 1 is 1.21 bits per heavy atom. The predicted octanol–water partition coefficient (Wildman–Crippen LogP) is 5.26. The van der Waals surface area contributed by atoms with Gasteiger partial charge in [-0.15, -0.1) is 0 Å². The highest BCUT2D eigenvalue weighted by Crippen LogP contribution is 2.28. The lowest BCUT2D eigenvalue weighted by molar-refractivity contribution is 0.446. The fourth-order valence-electron chi connectivity index (χ4n) is 3.33. The molecular weight excluding hydrogens is 320 g/mol. The van der Waals surface area contributed by atoms with Crippen LogP contribution in [0, 0.1) is 13.8 Å². The summed E-state index contributed by atoms with van der Waals surface area (Å²) < 4.78 is 0. The second-order valence-corrected chi connectivity index (χ2v) is 6.96. The zero-order valence-electron chi connectivity index (χ0n) is 14.6. The van der Waals surface area contributed by atoms with E-state index in [0.717, 1.165) is 35.7 Å². The van der Waals surface area contributed by atoms with Gasteiger partial charge in [0.1, 0.15) is 5.82 Å². The molecule has 1 N–H and O–H groups in total.